The Labute approximate surface area is 79.7 Å². The molecule has 0 spiro atoms. The zero-order valence-electron chi connectivity index (χ0n) is 6.19. The van der Waals surface area contributed by atoms with Crippen LogP contribution in [0, 0.1) is 0 Å². The summed E-state index contributed by atoms with van der Waals surface area (Å²) in [7, 11) is 0. The number of nitrogens with zero attached hydrogens (tertiary/aromatic N) is 2. The normalized spacial score (nSPS) is 10.1. The van der Waals surface area contributed by atoms with Crippen molar-refractivity contribution in [2.24, 2.45) is 0 Å². The topological polar surface area (TPSA) is 25.8 Å². The molecule has 12 heavy (non-hydrogen) atoms. The Bertz CT molecular complexity index is 370. The number of pyridine rings is 1. The molecular weight excluding hydrogens is 188 g/mol. The van der Waals surface area contributed by atoms with Crippen LogP contribution in [0.1, 0.15) is 0 Å². The molecule has 0 saturated carbocycles. The fourth-order valence-electron chi connectivity index (χ4n) is 0.955. The minimum atomic E-state index is 0.963. The standard InChI is InChI=1S/C8H6N2S2/c11-8-7(10-5-12-8)6-2-1-3-9-4-6/h1-5,11H/p+1. The molecule has 0 aromatic carbocycles. The van der Waals surface area contributed by atoms with Crippen molar-refractivity contribution in [3.63, 3.8) is 0 Å². The van der Waals surface area contributed by atoms with E-state index in [2.05, 4.69) is 22.6 Å². The first kappa shape index (κ1) is 7.76. The number of hydrogen-bond donors (Lipinski definition) is 0. The molecule has 0 unspecified atom stereocenters. The van der Waals surface area contributed by atoms with Crippen LogP contribution in [0.3, 0.4) is 0 Å². The van der Waals surface area contributed by atoms with Crippen LogP contribution in [-0.4, -0.2) is 9.97 Å². The van der Waals surface area contributed by atoms with Crippen LogP contribution in [0.2, 0.25) is 0 Å². The van der Waals surface area contributed by atoms with Crippen LogP contribution in [0.5, 0.6) is 0 Å². The third-order valence-corrected chi connectivity index (χ3v) is 2.73. The van der Waals surface area contributed by atoms with Crippen LogP contribution in [0.15, 0.2) is 34.2 Å². The van der Waals surface area contributed by atoms with Gasteiger partial charge in [-0.3, -0.25) is 4.98 Å². The minimum absolute atomic E-state index is 0.963. The SMILES string of the molecule is [SH2+]c1scnc1-c1cccnc1. The summed E-state index contributed by atoms with van der Waals surface area (Å²) in [4.78, 5) is 8.24. The van der Waals surface area contributed by atoms with Crippen LogP contribution >= 0.6 is 11.3 Å². The van der Waals surface area contributed by atoms with Crippen molar-refractivity contribution in [3.05, 3.63) is 30.0 Å². The highest BCUT2D eigenvalue weighted by atomic mass is 32.2. The predicted molar refractivity (Wildman–Crippen MR) is 53.8 cm³/mol. The lowest BCUT2D eigenvalue weighted by molar-refractivity contribution is 1.29. The lowest BCUT2D eigenvalue weighted by atomic mass is 10.2. The molecule has 0 saturated heterocycles. The first-order chi connectivity index (χ1) is 5.88. The second kappa shape index (κ2) is 3.25. The Morgan fingerprint density at radius 2 is 2.33 bits per heavy atom. The molecule has 2 heterocycles. The summed E-state index contributed by atoms with van der Waals surface area (Å²) in [6.45, 7) is 0. The van der Waals surface area contributed by atoms with Crippen LogP contribution in [0.25, 0.3) is 11.3 Å². The second-order valence-electron chi connectivity index (χ2n) is 2.27. The molecule has 0 atom stereocenters. The molecule has 0 aliphatic rings. The summed E-state index contributed by atoms with van der Waals surface area (Å²) in [5.41, 5.74) is 3.82. The van der Waals surface area contributed by atoms with E-state index in [-0.39, 0.29) is 0 Å². The van der Waals surface area contributed by atoms with Crippen molar-refractivity contribution in [1.29, 1.82) is 0 Å². The van der Waals surface area contributed by atoms with Gasteiger partial charge in [-0.25, -0.2) is 4.98 Å². The van der Waals surface area contributed by atoms with Gasteiger partial charge < -0.3 is 0 Å². The van der Waals surface area contributed by atoms with Crippen molar-refractivity contribution < 1.29 is 0 Å². The Morgan fingerprint density at radius 3 is 2.92 bits per heavy atom. The van der Waals surface area contributed by atoms with Gasteiger partial charge in [-0.05, 0) is 12.1 Å². The number of hydrogen-bond acceptors (Lipinski definition) is 3. The molecule has 0 radical (unpaired) electrons. The van der Waals surface area contributed by atoms with E-state index in [4.69, 9.17) is 0 Å². The molecule has 0 aliphatic heterocycles. The molecule has 0 fully saturated rings. The van der Waals surface area contributed by atoms with Gasteiger partial charge in [-0.2, -0.15) is 0 Å². The average molecular weight is 195 g/mol. The summed E-state index contributed by atoms with van der Waals surface area (Å²) in [6, 6.07) is 3.89. The molecule has 2 nitrogen and oxygen atoms in total. The Balaban J connectivity index is 2.51. The minimum Gasteiger partial charge on any atom is -0.264 e. The van der Waals surface area contributed by atoms with Crippen molar-refractivity contribution in [2.45, 2.75) is 4.21 Å². The van der Waals surface area contributed by atoms with Gasteiger partial charge in [0.05, 0.1) is 5.51 Å². The molecule has 2 rings (SSSR count). The maximum absolute atomic E-state index is 4.22. The number of aromatic nitrogens is 2. The number of rotatable bonds is 1. The van der Waals surface area contributed by atoms with Gasteiger partial charge in [-0.1, -0.05) is 11.3 Å². The van der Waals surface area contributed by atoms with Crippen molar-refractivity contribution >= 4 is 24.0 Å². The maximum atomic E-state index is 4.22. The van der Waals surface area contributed by atoms with Gasteiger partial charge in [0.25, 0.3) is 0 Å². The lowest BCUT2D eigenvalue weighted by Crippen LogP contribution is -1.79. The summed E-state index contributed by atoms with van der Waals surface area (Å²) in [6.07, 6.45) is 3.56. The van der Waals surface area contributed by atoms with Gasteiger partial charge >= 0.3 is 0 Å². The largest absolute Gasteiger partial charge is 0.264 e. The summed E-state index contributed by atoms with van der Waals surface area (Å²) < 4.78 is 1.04. The smallest absolute Gasteiger partial charge is 0.232 e. The third-order valence-electron chi connectivity index (χ3n) is 1.50. The summed E-state index contributed by atoms with van der Waals surface area (Å²) in [5.74, 6) is 0. The molecule has 2 aromatic rings. The van der Waals surface area contributed by atoms with Gasteiger partial charge in [-0.15, -0.1) is 0 Å². The van der Waals surface area contributed by atoms with Crippen molar-refractivity contribution in [3.8, 4) is 11.3 Å². The molecule has 0 bridgehead atoms. The molecule has 4 heteroatoms. The van der Waals surface area contributed by atoms with Gasteiger partial charge in [0.1, 0.15) is 5.69 Å². The predicted octanol–water partition coefficient (Wildman–Crippen LogP) is 1.58. The van der Waals surface area contributed by atoms with Gasteiger partial charge in [0.15, 0.2) is 0 Å². The molecule has 60 valence electrons. The second-order valence-corrected chi connectivity index (χ2v) is 3.99. The van der Waals surface area contributed by atoms with E-state index in [0.29, 0.717) is 0 Å². The van der Waals surface area contributed by atoms with E-state index >= 15 is 0 Å². The molecule has 2 aromatic heterocycles. The molecular formula is C8H7N2S2+. The van der Waals surface area contributed by atoms with E-state index in [1.54, 1.807) is 23.7 Å². The lowest BCUT2D eigenvalue weighted by Gasteiger charge is -1.91. The zero-order valence-corrected chi connectivity index (χ0v) is 8.01. The summed E-state index contributed by atoms with van der Waals surface area (Å²) in [5, 5.41) is 0. The quantitative estimate of drug-likeness (QED) is 0.646. The van der Waals surface area contributed by atoms with Crippen LogP contribution in [0.4, 0.5) is 0 Å². The molecule has 0 aliphatic carbocycles. The monoisotopic (exact) mass is 195 g/mol. The van der Waals surface area contributed by atoms with E-state index in [0.717, 1.165) is 15.5 Å². The van der Waals surface area contributed by atoms with Crippen LogP contribution in [-0.2, 0) is 12.6 Å². The Morgan fingerprint density at radius 1 is 1.42 bits per heavy atom. The van der Waals surface area contributed by atoms with Crippen molar-refractivity contribution in [1.82, 2.24) is 9.97 Å². The summed E-state index contributed by atoms with van der Waals surface area (Å²) >= 11 is 5.06. The highest BCUT2D eigenvalue weighted by molar-refractivity contribution is 7.62. The average Bonchev–Trinajstić information content (AvgIpc) is 2.53. The fraction of sp³-hybridized carbons (Fsp3) is 0. The third kappa shape index (κ3) is 1.35. The highest BCUT2D eigenvalue weighted by Gasteiger charge is 2.08. The fourth-order valence-corrected chi connectivity index (χ4v) is 1.87. The molecule has 0 amide bonds. The van der Waals surface area contributed by atoms with Gasteiger partial charge in [0.2, 0.25) is 4.21 Å². The zero-order chi connectivity index (χ0) is 8.39. The van der Waals surface area contributed by atoms with E-state index in [9.17, 15) is 0 Å². The van der Waals surface area contributed by atoms with E-state index < -0.39 is 0 Å². The first-order valence-electron chi connectivity index (χ1n) is 3.43. The van der Waals surface area contributed by atoms with Crippen molar-refractivity contribution in [2.75, 3.05) is 0 Å². The molecule has 0 N–H and O–H groups in total. The first-order valence-corrected chi connectivity index (χ1v) is 4.81. The maximum Gasteiger partial charge on any atom is 0.232 e. The van der Waals surface area contributed by atoms with E-state index in [1.165, 1.54) is 0 Å². The number of thiazole rings is 1. The van der Waals surface area contributed by atoms with E-state index in [1.807, 2.05) is 17.6 Å². The highest BCUT2D eigenvalue weighted by Crippen LogP contribution is 2.23. The Hall–Kier alpha value is -0.870. The van der Waals surface area contributed by atoms with Gasteiger partial charge in [0, 0.05) is 30.6 Å². The Kier molecular flexibility index (Phi) is 2.10. The van der Waals surface area contributed by atoms with Crippen LogP contribution < -0.4 is 0 Å².